The largest absolute Gasteiger partial charge is 0.484 e. The molecule has 166 valence electrons. The number of hydrogen-bond acceptors (Lipinski definition) is 4. The summed E-state index contributed by atoms with van der Waals surface area (Å²) >= 11 is 0. The lowest BCUT2D eigenvalue weighted by molar-refractivity contribution is -0.119. The summed E-state index contributed by atoms with van der Waals surface area (Å²) in [5.74, 6) is 0.366. The second kappa shape index (κ2) is 11.1. The molecule has 1 saturated carbocycles. The van der Waals surface area contributed by atoms with Crippen molar-refractivity contribution in [3.05, 3.63) is 65.2 Å². The smallest absolute Gasteiger partial charge is 0.262 e. The average molecular weight is 432 g/mol. The van der Waals surface area contributed by atoms with E-state index in [1.165, 1.54) is 6.42 Å². The standard InChI is InChI=1S/C26H29N3O3/c1-18-7-11-22(12-8-18)28-25(30)17-32-23-13-9-20(10-14-23)15-21(16-27)26(31)29-24-6-4-3-5-19(24)2/h7-15,19,24H,3-6,17H2,1-2H3,(H,28,30)(H,29,31). The van der Waals surface area contributed by atoms with Gasteiger partial charge in [0, 0.05) is 11.7 Å². The third-order valence-corrected chi connectivity index (χ3v) is 5.69. The Bertz CT molecular complexity index is 1000. The maximum Gasteiger partial charge on any atom is 0.262 e. The third kappa shape index (κ3) is 6.71. The number of ether oxygens (including phenoxy) is 1. The zero-order valence-electron chi connectivity index (χ0n) is 18.6. The lowest BCUT2D eigenvalue weighted by Crippen LogP contribution is -2.41. The molecule has 0 aromatic heterocycles. The van der Waals surface area contributed by atoms with E-state index in [1.807, 2.05) is 37.3 Å². The van der Waals surface area contributed by atoms with Crippen LogP contribution in [0, 0.1) is 24.2 Å². The third-order valence-electron chi connectivity index (χ3n) is 5.69. The molecule has 6 heteroatoms. The van der Waals surface area contributed by atoms with Crippen LogP contribution in [-0.2, 0) is 9.59 Å². The van der Waals surface area contributed by atoms with Gasteiger partial charge in [-0.15, -0.1) is 0 Å². The summed E-state index contributed by atoms with van der Waals surface area (Å²) in [7, 11) is 0. The fourth-order valence-electron chi connectivity index (χ4n) is 3.74. The van der Waals surface area contributed by atoms with Crippen molar-refractivity contribution in [3.63, 3.8) is 0 Å². The quantitative estimate of drug-likeness (QED) is 0.495. The minimum absolute atomic E-state index is 0.0777. The van der Waals surface area contributed by atoms with Crippen LogP contribution in [0.25, 0.3) is 6.08 Å². The van der Waals surface area contributed by atoms with Crippen LogP contribution in [0.3, 0.4) is 0 Å². The van der Waals surface area contributed by atoms with Crippen molar-refractivity contribution in [1.82, 2.24) is 5.32 Å². The van der Waals surface area contributed by atoms with Crippen LogP contribution in [-0.4, -0.2) is 24.5 Å². The lowest BCUT2D eigenvalue weighted by Gasteiger charge is -2.29. The van der Waals surface area contributed by atoms with Crippen molar-refractivity contribution in [2.45, 2.75) is 45.6 Å². The first-order valence-corrected chi connectivity index (χ1v) is 11.0. The van der Waals surface area contributed by atoms with Crippen LogP contribution < -0.4 is 15.4 Å². The first kappa shape index (κ1) is 23.1. The second-order valence-electron chi connectivity index (χ2n) is 8.28. The lowest BCUT2D eigenvalue weighted by atomic mass is 9.86. The normalized spacial score (nSPS) is 18.3. The Morgan fingerprint density at radius 1 is 1.09 bits per heavy atom. The van der Waals surface area contributed by atoms with Crippen LogP contribution in [0.15, 0.2) is 54.1 Å². The highest BCUT2D eigenvalue weighted by Crippen LogP contribution is 2.24. The van der Waals surface area contributed by atoms with E-state index in [1.54, 1.807) is 30.3 Å². The predicted octanol–water partition coefficient (Wildman–Crippen LogP) is 4.61. The zero-order chi connectivity index (χ0) is 22.9. The molecule has 0 saturated heterocycles. The van der Waals surface area contributed by atoms with E-state index < -0.39 is 0 Å². The predicted molar refractivity (Wildman–Crippen MR) is 125 cm³/mol. The molecule has 0 spiro atoms. The van der Waals surface area contributed by atoms with Gasteiger partial charge in [0.2, 0.25) is 0 Å². The summed E-state index contributed by atoms with van der Waals surface area (Å²) in [5, 5.41) is 15.2. The molecule has 2 aromatic rings. The number of benzene rings is 2. The van der Waals surface area contributed by atoms with Gasteiger partial charge in [-0.1, -0.05) is 49.6 Å². The fourth-order valence-corrected chi connectivity index (χ4v) is 3.74. The topological polar surface area (TPSA) is 91.2 Å². The summed E-state index contributed by atoms with van der Waals surface area (Å²) in [6, 6.07) is 16.6. The molecule has 0 aliphatic heterocycles. The second-order valence-corrected chi connectivity index (χ2v) is 8.28. The van der Waals surface area contributed by atoms with E-state index in [0.717, 1.165) is 30.5 Å². The number of carbonyl (C=O) groups is 2. The summed E-state index contributed by atoms with van der Waals surface area (Å²) < 4.78 is 5.53. The molecule has 1 aliphatic rings. The Labute approximate surface area is 189 Å². The SMILES string of the molecule is Cc1ccc(NC(=O)COc2ccc(C=C(C#N)C(=O)NC3CCCCC3C)cc2)cc1. The number of nitriles is 1. The molecule has 3 rings (SSSR count). The van der Waals surface area contributed by atoms with E-state index in [0.29, 0.717) is 17.2 Å². The van der Waals surface area contributed by atoms with Crippen LogP contribution in [0.2, 0.25) is 0 Å². The summed E-state index contributed by atoms with van der Waals surface area (Å²) in [6.45, 7) is 4.00. The van der Waals surface area contributed by atoms with Gasteiger partial charge in [0.1, 0.15) is 17.4 Å². The van der Waals surface area contributed by atoms with Gasteiger partial charge in [0.15, 0.2) is 6.61 Å². The number of aryl methyl sites for hydroxylation is 1. The van der Waals surface area contributed by atoms with Crippen molar-refractivity contribution < 1.29 is 14.3 Å². The maximum absolute atomic E-state index is 12.5. The van der Waals surface area contributed by atoms with Gasteiger partial charge >= 0.3 is 0 Å². The Hall–Kier alpha value is -3.59. The number of rotatable bonds is 7. The van der Waals surface area contributed by atoms with Crippen molar-refractivity contribution in [3.8, 4) is 11.8 Å². The van der Waals surface area contributed by atoms with Gasteiger partial charge in [-0.25, -0.2) is 0 Å². The summed E-state index contributed by atoms with van der Waals surface area (Å²) in [6.07, 6.45) is 5.91. The van der Waals surface area contributed by atoms with Gasteiger partial charge in [-0.05, 0) is 61.6 Å². The molecule has 1 fully saturated rings. The van der Waals surface area contributed by atoms with Crippen molar-refractivity contribution >= 4 is 23.6 Å². The molecule has 2 atom stereocenters. The van der Waals surface area contributed by atoms with Crippen LogP contribution in [0.4, 0.5) is 5.69 Å². The first-order valence-electron chi connectivity index (χ1n) is 11.0. The monoisotopic (exact) mass is 431 g/mol. The molecule has 32 heavy (non-hydrogen) atoms. The molecule has 2 N–H and O–H groups in total. The van der Waals surface area contributed by atoms with Crippen LogP contribution in [0.1, 0.15) is 43.7 Å². The Kier molecular flexibility index (Phi) is 8.04. The maximum atomic E-state index is 12.5. The number of carbonyl (C=O) groups excluding carboxylic acids is 2. The van der Waals surface area contributed by atoms with Gasteiger partial charge in [-0.2, -0.15) is 5.26 Å². The number of amides is 2. The van der Waals surface area contributed by atoms with Crippen molar-refractivity contribution in [2.24, 2.45) is 5.92 Å². The molecule has 1 aliphatic carbocycles. The van der Waals surface area contributed by atoms with E-state index in [-0.39, 0.29) is 30.0 Å². The average Bonchev–Trinajstić information content (AvgIpc) is 2.80. The van der Waals surface area contributed by atoms with E-state index in [2.05, 4.69) is 17.6 Å². The molecule has 6 nitrogen and oxygen atoms in total. The molecule has 2 amide bonds. The van der Waals surface area contributed by atoms with Gasteiger partial charge < -0.3 is 15.4 Å². The van der Waals surface area contributed by atoms with Gasteiger partial charge in [0.25, 0.3) is 11.8 Å². The molecule has 2 unspecified atom stereocenters. The fraction of sp³-hybridized carbons (Fsp3) is 0.346. The number of nitrogens with zero attached hydrogens (tertiary/aromatic N) is 1. The number of nitrogens with one attached hydrogen (secondary N) is 2. The Balaban J connectivity index is 1.53. The van der Waals surface area contributed by atoms with Crippen molar-refractivity contribution in [1.29, 1.82) is 5.26 Å². The minimum atomic E-state index is -0.334. The molecular formula is C26H29N3O3. The summed E-state index contributed by atoms with van der Waals surface area (Å²) in [4.78, 5) is 24.6. The number of anilines is 1. The van der Waals surface area contributed by atoms with E-state index in [4.69, 9.17) is 4.74 Å². The highest BCUT2D eigenvalue weighted by atomic mass is 16.5. The van der Waals surface area contributed by atoms with Crippen molar-refractivity contribution in [2.75, 3.05) is 11.9 Å². The molecule has 2 aromatic carbocycles. The first-order chi connectivity index (χ1) is 15.4. The molecule has 0 radical (unpaired) electrons. The molecule has 0 heterocycles. The van der Waals surface area contributed by atoms with Gasteiger partial charge in [0.05, 0.1) is 0 Å². The highest BCUT2D eigenvalue weighted by Gasteiger charge is 2.24. The molecular weight excluding hydrogens is 402 g/mol. The highest BCUT2D eigenvalue weighted by molar-refractivity contribution is 6.01. The van der Waals surface area contributed by atoms with E-state index >= 15 is 0 Å². The Morgan fingerprint density at radius 2 is 1.78 bits per heavy atom. The van der Waals surface area contributed by atoms with Crippen LogP contribution in [0.5, 0.6) is 5.75 Å². The Morgan fingerprint density at radius 3 is 2.44 bits per heavy atom. The van der Waals surface area contributed by atoms with Crippen LogP contribution >= 0.6 is 0 Å². The zero-order valence-corrected chi connectivity index (χ0v) is 18.6. The van der Waals surface area contributed by atoms with E-state index in [9.17, 15) is 14.9 Å². The summed E-state index contributed by atoms with van der Waals surface area (Å²) in [5.41, 5.74) is 2.63. The van der Waals surface area contributed by atoms with Gasteiger partial charge in [-0.3, -0.25) is 9.59 Å². The minimum Gasteiger partial charge on any atom is -0.484 e. The number of hydrogen-bond donors (Lipinski definition) is 2. The molecule has 0 bridgehead atoms.